The van der Waals surface area contributed by atoms with Gasteiger partial charge in [0.2, 0.25) is 0 Å². The van der Waals surface area contributed by atoms with Gasteiger partial charge < -0.3 is 25.2 Å². The molecule has 0 aliphatic carbocycles. The molecule has 0 spiro atoms. The molecule has 3 rings (SSSR count). The third-order valence-corrected chi connectivity index (χ3v) is 5.10. The number of hydrogen-bond acceptors (Lipinski definition) is 3. The van der Waals surface area contributed by atoms with Gasteiger partial charge in [-0.25, -0.2) is 4.79 Å². The molecule has 0 saturated carbocycles. The molecule has 1 aromatic carbocycles. The number of carbonyl (C=O) groups excluding carboxylic acids is 1. The zero-order valence-corrected chi connectivity index (χ0v) is 15.8. The van der Waals surface area contributed by atoms with E-state index < -0.39 is 0 Å². The van der Waals surface area contributed by atoms with Crippen LogP contribution < -0.4 is 10.6 Å². The Labute approximate surface area is 155 Å². The van der Waals surface area contributed by atoms with Crippen LogP contribution in [0.2, 0.25) is 0 Å². The fourth-order valence-electron chi connectivity index (χ4n) is 3.82. The Balaban J connectivity index is 1.45. The first-order valence-electron chi connectivity index (χ1n) is 9.62. The van der Waals surface area contributed by atoms with Crippen molar-refractivity contribution in [2.75, 3.05) is 31.5 Å². The van der Waals surface area contributed by atoms with Crippen molar-refractivity contribution < 1.29 is 9.90 Å². The second-order valence-electron chi connectivity index (χ2n) is 7.13. The number of likely N-dealkylation sites (tertiary alicyclic amines) is 1. The molecular formula is C20H30N4O2. The van der Waals surface area contributed by atoms with Gasteiger partial charge in [0, 0.05) is 41.9 Å². The Kier molecular flexibility index (Phi) is 6.16. The van der Waals surface area contributed by atoms with Crippen LogP contribution in [-0.2, 0) is 6.54 Å². The molecule has 26 heavy (non-hydrogen) atoms. The second-order valence-corrected chi connectivity index (χ2v) is 7.13. The number of aliphatic hydroxyl groups is 1. The van der Waals surface area contributed by atoms with Crippen LogP contribution in [0.15, 0.2) is 24.3 Å². The Hall–Kier alpha value is -2.05. The maximum Gasteiger partial charge on any atom is 0.319 e. The molecule has 0 bridgehead atoms. The summed E-state index contributed by atoms with van der Waals surface area (Å²) in [6.07, 6.45) is 2.65. The number of fused-ring (bicyclic) bond motifs is 1. The van der Waals surface area contributed by atoms with E-state index in [-0.39, 0.29) is 12.1 Å². The summed E-state index contributed by atoms with van der Waals surface area (Å²) in [6.45, 7) is 8.51. The van der Waals surface area contributed by atoms with E-state index in [1.54, 1.807) is 0 Å². The number of benzene rings is 1. The van der Waals surface area contributed by atoms with Gasteiger partial charge in [-0.3, -0.25) is 0 Å². The molecule has 1 unspecified atom stereocenters. The van der Waals surface area contributed by atoms with Gasteiger partial charge >= 0.3 is 6.03 Å². The minimum atomic E-state index is -0.193. The molecule has 1 aliphatic heterocycles. The van der Waals surface area contributed by atoms with Crippen LogP contribution >= 0.6 is 0 Å². The molecule has 3 N–H and O–H groups in total. The van der Waals surface area contributed by atoms with Gasteiger partial charge in [0.05, 0.1) is 6.10 Å². The van der Waals surface area contributed by atoms with Crippen molar-refractivity contribution in [3.8, 4) is 0 Å². The van der Waals surface area contributed by atoms with Gasteiger partial charge in [-0.2, -0.15) is 0 Å². The van der Waals surface area contributed by atoms with Gasteiger partial charge in [-0.05, 0) is 70.5 Å². The van der Waals surface area contributed by atoms with E-state index in [2.05, 4.69) is 46.1 Å². The number of rotatable bonds is 6. The van der Waals surface area contributed by atoms with Crippen LogP contribution in [0.4, 0.5) is 10.5 Å². The van der Waals surface area contributed by atoms with Crippen LogP contribution in [0.5, 0.6) is 0 Å². The Bertz CT molecular complexity index is 756. The maximum absolute atomic E-state index is 12.1. The first-order valence-corrected chi connectivity index (χ1v) is 9.62. The number of aliphatic hydroxyl groups excluding tert-OH is 1. The van der Waals surface area contributed by atoms with Crippen LogP contribution in [0, 0.1) is 6.92 Å². The van der Waals surface area contributed by atoms with E-state index in [9.17, 15) is 9.90 Å². The second kappa shape index (κ2) is 8.56. The van der Waals surface area contributed by atoms with Crippen molar-refractivity contribution in [3.63, 3.8) is 0 Å². The van der Waals surface area contributed by atoms with Crippen molar-refractivity contribution in [1.29, 1.82) is 0 Å². The average molecular weight is 358 g/mol. The molecule has 142 valence electrons. The lowest BCUT2D eigenvalue weighted by Crippen LogP contribution is -2.40. The number of β-amino-alcohol motifs (C(OH)–C–C–N with tert-alkyl or cyclic N) is 1. The number of piperidine rings is 1. The van der Waals surface area contributed by atoms with Crippen LogP contribution in [0.3, 0.4) is 0 Å². The van der Waals surface area contributed by atoms with Crippen LogP contribution in [0.25, 0.3) is 10.9 Å². The van der Waals surface area contributed by atoms with Crippen LogP contribution in [-0.4, -0.2) is 52.9 Å². The first kappa shape index (κ1) is 18.7. The van der Waals surface area contributed by atoms with Gasteiger partial charge in [0.15, 0.2) is 0 Å². The molecule has 2 heterocycles. The lowest BCUT2D eigenvalue weighted by molar-refractivity contribution is 0.0703. The molecule has 1 fully saturated rings. The monoisotopic (exact) mass is 358 g/mol. The minimum Gasteiger partial charge on any atom is -0.392 e. The highest BCUT2D eigenvalue weighted by Gasteiger charge is 2.16. The van der Waals surface area contributed by atoms with E-state index in [4.69, 9.17) is 0 Å². The minimum absolute atomic E-state index is 0.172. The molecule has 1 atom stereocenters. The number of amides is 2. The lowest BCUT2D eigenvalue weighted by Gasteiger charge is -2.29. The number of aromatic nitrogens is 1. The molecule has 2 amide bonds. The van der Waals surface area contributed by atoms with Gasteiger partial charge in [0.1, 0.15) is 0 Å². The predicted octanol–water partition coefficient (Wildman–Crippen LogP) is 2.94. The third kappa shape index (κ3) is 4.56. The first-order chi connectivity index (χ1) is 12.6. The summed E-state index contributed by atoms with van der Waals surface area (Å²) in [4.78, 5) is 14.4. The highest BCUT2D eigenvalue weighted by Crippen LogP contribution is 2.23. The number of aryl methyl sites for hydroxylation is 2. The van der Waals surface area contributed by atoms with Crippen molar-refractivity contribution in [2.24, 2.45) is 0 Å². The Morgan fingerprint density at radius 2 is 2.19 bits per heavy atom. The summed E-state index contributed by atoms with van der Waals surface area (Å²) < 4.78 is 2.26. The Morgan fingerprint density at radius 1 is 1.35 bits per heavy atom. The van der Waals surface area contributed by atoms with E-state index in [0.717, 1.165) is 56.5 Å². The summed E-state index contributed by atoms with van der Waals surface area (Å²) in [5.74, 6) is 0. The highest BCUT2D eigenvalue weighted by atomic mass is 16.3. The van der Waals surface area contributed by atoms with E-state index in [1.165, 1.54) is 11.2 Å². The zero-order valence-electron chi connectivity index (χ0n) is 15.8. The number of hydrogen-bond donors (Lipinski definition) is 3. The standard InChI is InChI=1S/C20H30N4O2/c1-3-24-15(2)12-16-13-17(7-8-19(16)24)22-20(26)21-9-5-11-23-10-4-6-18(25)14-23/h7-8,12-13,18,25H,3-6,9-11,14H2,1-2H3,(H2,21,22,26). The Morgan fingerprint density at radius 3 is 2.96 bits per heavy atom. The van der Waals surface area contributed by atoms with E-state index in [0.29, 0.717) is 6.54 Å². The van der Waals surface area contributed by atoms with E-state index >= 15 is 0 Å². The van der Waals surface area contributed by atoms with E-state index in [1.807, 2.05) is 12.1 Å². The highest BCUT2D eigenvalue weighted by molar-refractivity contribution is 5.93. The number of nitrogens with one attached hydrogen (secondary N) is 2. The van der Waals surface area contributed by atoms with Gasteiger partial charge in [-0.1, -0.05) is 0 Å². The maximum atomic E-state index is 12.1. The van der Waals surface area contributed by atoms with Gasteiger partial charge in [-0.15, -0.1) is 0 Å². The molecule has 6 nitrogen and oxygen atoms in total. The third-order valence-electron chi connectivity index (χ3n) is 5.10. The molecular weight excluding hydrogens is 328 g/mol. The molecule has 6 heteroatoms. The molecule has 2 aromatic rings. The summed E-state index contributed by atoms with van der Waals surface area (Å²) >= 11 is 0. The number of urea groups is 1. The zero-order chi connectivity index (χ0) is 18.5. The average Bonchev–Trinajstić information content (AvgIpc) is 2.93. The summed E-state index contributed by atoms with van der Waals surface area (Å²) in [7, 11) is 0. The fourth-order valence-corrected chi connectivity index (χ4v) is 3.82. The van der Waals surface area contributed by atoms with Gasteiger partial charge in [0.25, 0.3) is 0 Å². The summed E-state index contributed by atoms with van der Waals surface area (Å²) in [6, 6.07) is 8.00. The molecule has 0 radical (unpaired) electrons. The normalized spacial score (nSPS) is 18.2. The van der Waals surface area contributed by atoms with Crippen molar-refractivity contribution in [1.82, 2.24) is 14.8 Å². The topological polar surface area (TPSA) is 69.5 Å². The quantitative estimate of drug-likeness (QED) is 0.696. The molecule has 1 aliphatic rings. The smallest absolute Gasteiger partial charge is 0.319 e. The summed E-state index contributed by atoms with van der Waals surface area (Å²) in [5, 5.41) is 16.6. The summed E-state index contributed by atoms with van der Waals surface area (Å²) in [5.41, 5.74) is 3.23. The van der Waals surface area contributed by atoms with Crippen LogP contribution in [0.1, 0.15) is 31.9 Å². The van der Waals surface area contributed by atoms with Crippen molar-refractivity contribution in [2.45, 2.75) is 45.8 Å². The number of anilines is 1. The number of carbonyl (C=O) groups is 1. The van der Waals surface area contributed by atoms with Crippen molar-refractivity contribution in [3.05, 3.63) is 30.0 Å². The SMILES string of the molecule is CCn1c(C)cc2cc(NC(=O)NCCCN3CCCC(O)C3)ccc21. The largest absolute Gasteiger partial charge is 0.392 e. The molecule has 1 saturated heterocycles. The predicted molar refractivity (Wildman–Crippen MR) is 106 cm³/mol. The molecule has 1 aromatic heterocycles. The lowest BCUT2D eigenvalue weighted by atomic mass is 10.1. The number of nitrogens with zero attached hydrogens (tertiary/aromatic N) is 2. The fraction of sp³-hybridized carbons (Fsp3) is 0.550. The van der Waals surface area contributed by atoms with Crippen molar-refractivity contribution >= 4 is 22.6 Å².